The van der Waals surface area contributed by atoms with Crippen LogP contribution in [0, 0.1) is 6.92 Å². The minimum atomic E-state index is -0.269. The summed E-state index contributed by atoms with van der Waals surface area (Å²) >= 11 is 0. The van der Waals surface area contributed by atoms with Gasteiger partial charge in [0.15, 0.2) is 5.43 Å². The van der Waals surface area contributed by atoms with Gasteiger partial charge in [0.05, 0.1) is 6.04 Å². The van der Waals surface area contributed by atoms with Crippen molar-refractivity contribution in [2.75, 3.05) is 26.2 Å². The van der Waals surface area contributed by atoms with Crippen molar-refractivity contribution in [2.45, 2.75) is 13.0 Å². The number of nitrogens with one attached hydrogen (secondary N) is 2. The maximum atomic E-state index is 12.4. The Kier molecular flexibility index (Phi) is 2.96. The summed E-state index contributed by atoms with van der Waals surface area (Å²) in [6.07, 6.45) is 3.03. The summed E-state index contributed by atoms with van der Waals surface area (Å²) in [5.41, 5.74) is 0.444. The second-order valence-electron chi connectivity index (χ2n) is 5.17. The summed E-state index contributed by atoms with van der Waals surface area (Å²) in [7, 11) is 0. The number of pyridine rings is 1. The lowest BCUT2D eigenvalue weighted by atomic mass is 10.1. The molecule has 1 aromatic heterocycles. The number of nitrogens with zero attached hydrogens (tertiary/aromatic N) is 2. The molecule has 2 aliphatic rings. The van der Waals surface area contributed by atoms with Crippen molar-refractivity contribution in [1.29, 1.82) is 0 Å². The Balaban J connectivity index is 1.80. The number of aromatic amines is 1. The predicted octanol–water partition coefficient (Wildman–Crippen LogP) is -0.467. The molecule has 1 atom stereocenters. The van der Waals surface area contributed by atoms with E-state index in [1.807, 2.05) is 0 Å². The van der Waals surface area contributed by atoms with Gasteiger partial charge in [-0.1, -0.05) is 0 Å². The molecule has 0 saturated carbocycles. The average molecular weight is 276 g/mol. The lowest BCUT2D eigenvalue weighted by Crippen LogP contribution is -2.54. The lowest BCUT2D eigenvalue weighted by molar-refractivity contribution is 0.0615. The number of amides is 3. The van der Waals surface area contributed by atoms with Crippen LogP contribution in [0.2, 0.25) is 0 Å². The van der Waals surface area contributed by atoms with Crippen molar-refractivity contribution < 1.29 is 9.59 Å². The van der Waals surface area contributed by atoms with Crippen LogP contribution >= 0.6 is 0 Å². The lowest BCUT2D eigenvalue weighted by Gasteiger charge is -2.36. The van der Waals surface area contributed by atoms with Crippen molar-refractivity contribution in [3.63, 3.8) is 0 Å². The molecular weight excluding hydrogens is 260 g/mol. The highest BCUT2D eigenvalue weighted by Gasteiger charge is 2.37. The third-order valence-corrected chi connectivity index (χ3v) is 3.88. The summed E-state index contributed by atoms with van der Waals surface area (Å²) in [6.45, 7) is 3.65. The fourth-order valence-electron chi connectivity index (χ4n) is 2.71. The number of H-pyrrole nitrogens is 1. The van der Waals surface area contributed by atoms with E-state index < -0.39 is 0 Å². The second-order valence-corrected chi connectivity index (χ2v) is 5.17. The van der Waals surface area contributed by atoms with Gasteiger partial charge in [-0.25, -0.2) is 4.79 Å². The Morgan fingerprint density at radius 2 is 2.10 bits per heavy atom. The van der Waals surface area contributed by atoms with E-state index in [1.165, 1.54) is 6.20 Å². The largest absolute Gasteiger partial charge is 0.366 e. The highest BCUT2D eigenvalue weighted by Crippen LogP contribution is 2.15. The molecule has 2 aliphatic heterocycles. The number of piperazine rings is 1. The highest BCUT2D eigenvalue weighted by molar-refractivity contribution is 5.94. The molecule has 3 rings (SSSR count). The van der Waals surface area contributed by atoms with Crippen molar-refractivity contribution in [3.05, 3.63) is 33.7 Å². The molecule has 7 heteroatoms. The zero-order valence-corrected chi connectivity index (χ0v) is 11.2. The van der Waals surface area contributed by atoms with E-state index in [-0.39, 0.29) is 29.0 Å². The van der Waals surface area contributed by atoms with Crippen LogP contribution in [0.25, 0.3) is 0 Å². The van der Waals surface area contributed by atoms with E-state index in [2.05, 4.69) is 10.3 Å². The van der Waals surface area contributed by atoms with E-state index >= 15 is 0 Å². The van der Waals surface area contributed by atoms with Gasteiger partial charge >= 0.3 is 6.03 Å². The topological polar surface area (TPSA) is 85.5 Å². The van der Waals surface area contributed by atoms with Gasteiger partial charge in [0.1, 0.15) is 5.56 Å². The molecule has 2 saturated heterocycles. The SMILES string of the molecule is Cc1c[nH]cc(C(=O)N2CCN3C(=O)NCC3C2)c1=O. The molecule has 0 aliphatic carbocycles. The normalized spacial score (nSPS) is 21.6. The van der Waals surface area contributed by atoms with E-state index in [4.69, 9.17) is 0 Å². The van der Waals surface area contributed by atoms with E-state index in [9.17, 15) is 14.4 Å². The third kappa shape index (κ3) is 1.95. The van der Waals surface area contributed by atoms with Gasteiger partial charge < -0.3 is 20.1 Å². The summed E-state index contributed by atoms with van der Waals surface area (Å²) in [5, 5.41) is 2.76. The number of rotatable bonds is 1. The van der Waals surface area contributed by atoms with Gasteiger partial charge in [0.25, 0.3) is 5.91 Å². The van der Waals surface area contributed by atoms with Crippen LogP contribution in [-0.4, -0.2) is 58.9 Å². The quantitative estimate of drug-likeness (QED) is 0.727. The molecule has 3 amide bonds. The molecule has 0 radical (unpaired) electrons. The molecule has 2 N–H and O–H groups in total. The van der Waals surface area contributed by atoms with Crippen LogP contribution in [0.5, 0.6) is 0 Å². The maximum absolute atomic E-state index is 12.4. The first kappa shape index (κ1) is 12.7. The first-order chi connectivity index (χ1) is 9.58. The first-order valence-electron chi connectivity index (χ1n) is 6.59. The summed E-state index contributed by atoms with van der Waals surface area (Å²) in [6, 6.07) is -0.0698. The van der Waals surface area contributed by atoms with Crippen LogP contribution in [0.15, 0.2) is 17.2 Å². The Morgan fingerprint density at radius 1 is 1.30 bits per heavy atom. The third-order valence-electron chi connectivity index (χ3n) is 3.88. The highest BCUT2D eigenvalue weighted by atomic mass is 16.2. The first-order valence-corrected chi connectivity index (χ1v) is 6.59. The number of hydrogen-bond donors (Lipinski definition) is 2. The van der Waals surface area contributed by atoms with Crippen LogP contribution in [0.3, 0.4) is 0 Å². The fourth-order valence-corrected chi connectivity index (χ4v) is 2.71. The average Bonchev–Trinajstić information content (AvgIpc) is 2.82. The maximum Gasteiger partial charge on any atom is 0.317 e. The Hall–Kier alpha value is -2.31. The number of aryl methyl sites for hydroxylation is 1. The minimum absolute atomic E-state index is 0.00379. The molecule has 1 aromatic rings. The summed E-state index contributed by atoms with van der Waals surface area (Å²) in [5.74, 6) is -0.269. The van der Waals surface area contributed by atoms with E-state index in [0.29, 0.717) is 31.7 Å². The van der Waals surface area contributed by atoms with Gasteiger partial charge in [-0.15, -0.1) is 0 Å². The predicted molar refractivity (Wildman–Crippen MR) is 71.6 cm³/mol. The zero-order chi connectivity index (χ0) is 14.3. The molecule has 0 spiro atoms. The molecule has 3 heterocycles. The van der Waals surface area contributed by atoms with Crippen LogP contribution in [0.1, 0.15) is 15.9 Å². The number of urea groups is 1. The van der Waals surface area contributed by atoms with E-state index in [0.717, 1.165) is 0 Å². The Labute approximate surface area is 115 Å². The van der Waals surface area contributed by atoms with Crippen molar-refractivity contribution in [3.8, 4) is 0 Å². The van der Waals surface area contributed by atoms with Gasteiger partial charge in [0, 0.05) is 44.1 Å². The molecule has 20 heavy (non-hydrogen) atoms. The van der Waals surface area contributed by atoms with Gasteiger partial charge in [-0.3, -0.25) is 9.59 Å². The van der Waals surface area contributed by atoms with Crippen LogP contribution < -0.4 is 10.7 Å². The number of aromatic nitrogens is 1. The molecule has 7 nitrogen and oxygen atoms in total. The standard InChI is InChI=1S/C13H16N4O3/c1-8-4-14-6-10(11(8)18)12(19)16-2-3-17-9(7-16)5-15-13(17)20/h4,6,9H,2-3,5,7H2,1H3,(H,14,18)(H,15,20). The molecule has 1 unspecified atom stereocenters. The summed E-state index contributed by atoms with van der Waals surface area (Å²) in [4.78, 5) is 42.1. The molecule has 0 aromatic carbocycles. The van der Waals surface area contributed by atoms with Crippen molar-refractivity contribution in [2.24, 2.45) is 0 Å². The number of hydrogen-bond acceptors (Lipinski definition) is 3. The number of fused-ring (bicyclic) bond motifs is 1. The molecule has 0 bridgehead atoms. The molecular formula is C13H16N4O3. The van der Waals surface area contributed by atoms with Crippen molar-refractivity contribution in [1.82, 2.24) is 20.1 Å². The van der Waals surface area contributed by atoms with Gasteiger partial charge in [-0.2, -0.15) is 0 Å². The van der Waals surface area contributed by atoms with Gasteiger partial charge in [0.2, 0.25) is 0 Å². The Bertz CT molecular complexity index is 624. The monoisotopic (exact) mass is 276 g/mol. The van der Waals surface area contributed by atoms with E-state index in [1.54, 1.807) is 22.9 Å². The molecule has 2 fully saturated rings. The number of carbonyl (C=O) groups is 2. The molecule has 106 valence electrons. The van der Waals surface area contributed by atoms with Crippen LogP contribution in [-0.2, 0) is 0 Å². The zero-order valence-electron chi connectivity index (χ0n) is 11.2. The minimum Gasteiger partial charge on any atom is -0.366 e. The fraction of sp³-hybridized carbons (Fsp3) is 0.462. The Morgan fingerprint density at radius 3 is 2.90 bits per heavy atom. The second kappa shape index (κ2) is 4.66. The summed E-state index contributed by atoms with van der Waals surface area (Å²) < 4.78 is 0. The number of carbonyl (C=O) groups excluding carboxylic acids is 2. The van der Waals surface area contributed by atoms with Gasteiger partial charge in [-0.05, 0) is 6.92 Å². The van der Waals surface area contributed by atoms with Crippen LogP contribution in [0.4, 0.5) is 4.79 Å². The van der Waals surface area contributed by atoms with Crippen molar-refractivity contribution >= 4 is 11.9 Å². The smallest absolute Gasteiger partial charge is 0.317 e.